The van der Waals surface area contributed by atoms with Gasteiger partial charge in [-0.1, -0.05) is 12.1 Å². The van der Waals surface area contributed by atoms with Gasteiger partial charge in [0.05, 0.1) is 18.2 Å². The van der Waals surface area contributed by atoms with Gasteiger partial charge >= 0.3 is 11.8 Å². The van der Waals surface area contributed by atoms with E-state index in [4.69, 9.17) is 0 Å². The molecule has 3 amide bonds. The van der Waals surface area contributed by atoms with E-state index >= 15 is 0 Å². The number of fused-ring (bicyclic) bond motifs is 1. The summed E-state index contributed by atoms with van der Waals surface area (Å²) in [7, 11) is 2.93. The zero-order chi connectivity index (χ0) is 23.6. The van der Waals surface area contributed by atoms with Crippen molar-refractivity contribution in [1.82, 2.24) is 24.7 Å². The molecule has 0 bridgehead atoms. The molecule has 1 aliphatic heterocycles. The van der Waals surface area contributed by atoms with Gasteiger partial charge in [0.25, 0.3) is 5.56 Å². The van der Waals surface area contributed by atoms with Crippen molar-refractivity contribution in [2.24, 2.45) is 0 Å². The van der Waals surface area contributed by atoms with Gasteiger partial charge in [-0.15, -0.1) is 0 Å². The summed E-state index contributed by atoms with van der Waals surface area (Å²) in [5.74, 6) is -2.78. The van der Waals surface area contributed by atoms with Crippen LogP contribution in [0.2, 0.25) is 0 Å². The number of hydrogen-bond donors (Lipinski definition) is 2. The predicted molar refractivity (Wildman–Crippen MR) is 111 cm³/mol. The van der Waals surface area contributed by atoms with Gasteiger partial charge in [0.15, 0.2) is 0 Å². The van der Waals surface area contributed by atoms with Gasteiger partial charge in [0.1, 0.15) is 11.6 Å². The van der Waals surface area contributed by atoms with Crippen molar-refractivity contribution >= 4 is 17.7 Å². The van der Waals surface area contributed by atoms with Crippen LogP contribution in [0, 0.1) is 5.82 Å². The molecule has 2 aromatic rings. The molecule has 3 rings (SSSR count). The Morgan fingerprint density at radius 2 is 1.88 bits per heavy atom. The van der Waals surface area contributed by atoms with Crippen LogP contribution < -0.4 is 10.9 Å². The third-order valence-corrected chi connectivity index (χ3v) is 5.23. The van der Waals surface area contributed by atoms with Crippen molar-refractivity contribution < 1.29 is 23.9 Å². The highest BCUT2D eigenvalue weighted by molar-refractivity contribution is 6.34. The summed E-state index contributed by atoms with van der Waals surface area (Å²) >= 11 is 0. The number of aromatic nitrogens is 2. The molecule has 0 saturated carbocycles. The Kier molecular flexibility index (Phi) is 6.56. The topological polar surface area (TPSA) is 125 Å². The minimum absolute atomic E-state index is 0.0581. The van der Waals surface area contributed by atoms with Crippen molar-refractivity contribution in [3.63, 3.8) is 0 Å². The fourth-order valence-corrected chi connectivity index (χ4v) is 3.41. The van der Waals surface area contributed by atoms with E-state index in [0.717, 1.165) is 4.90 Å². The van der Waals surface area contributed by atoms with E-state index in [0.29, 0.717) is 5.56 Å². The molecule has 0 spiro atoms. The minimum Gasteiger partial charge on any atom is -0.502 e. The highest BCUT2D eigenvalue weighted by atomic mass is 19.1. The van der Waals surface area contributed by atoms with Crippen molar-refractivity contribution in [3.8, 4) is 5.75 Å². The smallest absolute Gasteiger partial charge is 0.312 e. The average Bonchev–Trinajstić information content (AvgIpc) is 2.76. The van der Waals surface area contributed by atoms with E-state index < -0.39 is 40.9 Å². The maximum atomic E-state index is 13.0. The average molecular weight is 445 g/mol. The second-order valence-corrected chi connectivity index (χ2v) is 7.68. The molecule has 1 aliphatic rings. The summed E-state index contributed by atoms with van der Waals surface area (Å²) in [5, 5.41) is 12.9. The first-order valence-corrected chi connectivity index (χ1v) is 9.96. The van der Waals surface area contributed by atoms with Crippen LogP contribution in [0.4, 0.5) is 4.39 Å². The number of aromatic hydroxyl groups is 1. The van der Waals surface area contributed by atoms with Crippen molar-refractivity contribution in [3.05, 3.63) is 57.5 Å². The molecule has 0 aliphatic carbocycles. The molecule has 2 heterocycles. The molecule has 1 aromatic carbocycles. The first kappa shape index (κ1) is 22.9. The maximum absolute atomic E-state index is 13.0. The van der Waals surface area contributed by atoms with E-state index in [9.17, 15) is 28.7 Å². The van der Waals surface area contributed by atoms with E-state index in [1.165, 1.54) is 47.8 Å². The fourth-order valence-electron chi connectivity index (χ4n) is 3.41. The molecule has 0 saturated heterocycles. The molecule has 10 nitrogen and oxygen atoms in total. The number of hydrogen-bond acceptors (Lipinski definition) is 6. The third-order valence-electron chi connectivity index (χ3n) is 5.23. The van der Waals surface area contributed by atoms with Crippen molar-refractivity contribution in [1.29, 1.82) is 0 Å². The monoisotopic (exact) mass is 445 g/mol. The molecule has 1 unspecified atom stereocenters. The van der Waals surface area contributed by atoms with Crippen molar-refractivity contribution in [2.45, 2.75) is 32.5 Å². The molecule has 0 radical (unpaired) electrons. The van der Waals surface area contributed by atoms with Gasteiger partial charge in [0, 0.05) is 33.7 Å². The highest BCUT2D eigenvalue weighted by Gasteiger charge is 2.34. The number of likely N-dealkylation sites (N-methyl/N-ethyl adjacent to an activating group) is 1. The molecule has 1 atom stereocenters. The number of nitrogens with one attached hydrogen (secondary N) is 1. The van der Waals surface area contributed by atoms with Crippen LogP contribution in [-0.2, 0) is 33.9 Å². The molecule has 0 fully saturated rings. The summed E-state index contributed by atoms with van der Waals surface area (Å²) in [5.41, 5.74) is -0.164. The molecular formula is C21H24FN5O5. The molecule has 1 aromatic heterocycles. The van der Waals surface area contributed by atoms with Crippen LogP contribution >= 0.6 is 0 Å². The Labute approximate surface area is 183 Å². The standard InChI is InChI=1S/C21H24FN5O5/c1-12-18-24-15(10-16(28)23-11-13-4-6-14(22)7-5-13)17(29)19(30)27(18)9-8-26(12)21(32)20(31)25(2)3/h4-7,12,29H,8-11H2,1-3H3,(H,23,28). The van der Waals surface area contributed by atoms with Gasteiger partial charge in [-0.25, -0.2) is 9.37 Å². The Hall–Kier alpha value is -3.76. The summed E-state index contributed by atoms with van der Waals surface area (Å²) < 4.78 is 14.2. The second kappa shape index (κ2) is 9.16. The summed E-state index contributed by atoms with van der Waals surface area (Å²) in [6.07, 6.45) is -0.368. The zero-order valence-corrected chi connectivity index (χ0v) is 18.0. The molecule has 2 N–H and O–H groups in total. The zero-order valence-electron chi connectivity index (χ0n) is 18.0. The first-order valence-electron chi connectivity index (χ1n) is 9.96. The molecular weight excluding hydrogens is 421 g/mol. The highest BCUT2D eigenvalue weighted by Crippen LogP contribution is 2.25. The molecule has 11 heteroatoms. The molecule has 32 heavy (non-hydrogen) atoms. The lowest BCUT2D eigenvalue weighted by Crippen LogP contribution is -2.50. The Morgan fingerprint density at radius 1 is 1.22 bits per heavy atom. The van der Waals surface area contributed by atoms with E-state index in [1.807, 2.05) is 0 Å². The van der Waals surface area contributed by atoms with E-state index in [1.54, 1.807) is 6.92 Å². The second-order valence-electron chi connectivity index (χ2n) is 7.68. The van der Waals surface area contributed by atoms with Crippen LogP contribution in [0.15, 0.2) is 29.1 Å². The van der Waals surface area contributed by atoms with Gasteiger partial charge in [-0.05, 0) is 24.6 Å². The van der Waals surface area contributed by atoms with E-state index in [-0.39, 0.29) is 37.6 Å². The van der Waals surface area contributed by atoms with Gasteiger partial charge in [-0.3, -0.25) is 23.7 Å². The maximum Gasteiger partial charge on any atom is 0.312 e. The predicted octanol–water partition coefficient (Wildman–Crippen LogP) is -0.0617. The minimum atomic E-state index is -0.727. The Balaban J connectivity index is 1.79. The van der Waals surface area contributed by atoms with E-state index in [2.05, 4.69) is 10.3 Å². The SMILES string of the molecule is CC1c2nc(CC(=O)NCc3ccc(F)cc3)c(O)c(=O)n2CCN1C(=O)C(=O)N(C)C. The number of carbonyl (C=O) groups excluding carboxylic acids is 3. The van der Waals surface area contributed by atoms with Gasteiger partial charge in [0.2, 0.25) is 11.7 Å². The summed E-state index contributed by atoms with van der Waals surface area (Å²) in [4.78, 5) is 56.3. The largest absolute Gasteiger partial charge is 0.502 e. The fraction of sp³-hybridized carbons (Fsp3) is 0.381. The van der Waals surface area contributed by atoms with Gasteiger partial charge in [-0.2, -0.15) is 0 Å². The first-order chi connectivity index (χ1) is 15.1. The lowest BCUT2D eigenvalue weighted by atomic mass is 10.1. The summed E-state index contributed by atoms with van der Waals surface area (Å²) in [6.45, 7) is 1.91. The molecule has 170 valence electrons. The quantitative estimate of drug-likeness (QED) is 0.636. The van der Waals surface area contributed by atoms with Crippen LogP contribution in [0.5, 0.6) is 5.75 Å². The number of halogens is 1. The van der Waals surface area contributed by atoms with Gasteiger partial charge < -0.3 is 20.2 Å². The number of amides is 3. The van der Waals surface area contributed by atoms with Crippen LogP contribution in [0.25, 0.3) is 0 Å². The number of nitrogens with zero attached hydrogens (tertiary/aromatic N) is 4. The third kappa shape index (κ3) is 4.61. The lowest BCUT2D eigenvalue weighted by Gasteiger charge is -2.35. The number of carbonyl (C=O) groups is 3. The van der Waals surface area contributed by atoms with Crippen LogP contribution in [0.3, 0.4) is 0 Å². The Bertz CT molecular complexity index is 1110. The van der Waals surface area contributed by atoms with Crippen molar-refractivity contribution in [2.75, 3.05) is 20.6 Å². The lowest BCUT2D eigenvalue weighted by molar-refractivity contribution is -0.152. The summed E-state index contributed by atoms with van der Waals surface area (Å²) in [6, 6.07) is 4.89. The normalized spacial score (nSPS) is 15.1. The van der Waals surface area contributed by atoms with Crippen LogP contribution in [-0.4, -0.2) is 62.8 Å². The number of rotatable bonds is 4. The Morgan fingerprint density at radius 3 is 2.50 bits per heavy atom. The van der Waals surface area contributed by atoms with Crippen LogP contribution in [0.1, 0.15) is 30.0 Å². The number of benzene rings is 1.